The zero-order chi connectivity index (χ0) is 22.5. The van der Waals surface area contributed by atoms with E-state index in [1.165, 1.54) is 5.56 Å². The smallest absolute Gasteiger partial charge is 0.227 e. The molecule has 0 spiro atoms. The van der Waals surface area contributed by atoms with Crippen molar-refractivity contribution in [3.05, 3.63) is 72.1 Å². The van der Waals surface area contributed by atoms with Crippen LogP contribution in [0.4, 0.5) is 11.8 Å². The Morgan fingerprint density at radius 2 is 1.76 bits per heavy atom. The summed E-state index contributed by atoms with van der Waals surface area (Å²) in [5, 5.41) is 16.4. The van der Waals surface area contributed by atoms with Crippen LogP contribution in [0.25, 0.3) is 11.2 Å². The SMILES string of the molecule is Oc1ccc(CCNc2nc(NC3CCN(Cc4ccccc4)CC3)nc3nc[nH]c23)cc1. The minimum Gasteiger partial charge on any atom is -0.508 e. The molecule has 1 aliphatic rings. The third-order valence-electron chi connectivity index (χ3n) is 6.10. The van der Waals surface area contributed by atoms with Crippen LogP contribution in [-0.4, -0.2) is 55.6 Å². The summed E-state index contributed by atoms with van der Waals surface area (Å²) >= 11 is 0. The second kappa shape index (κ2) is 9.87. The molecule has 0 atom stereocenters. The summed E-state index contributed by atoms with van der Waals surface area (Å²) in [4.78, 5) is 19.3. The maximum Gasteiger partial charge on any atom is 0.227 e. The van der Waals surface area contributed by atoms with Crippen molar-refractivity contribution < 1.29 is 5.11 Å². The fraction of sp³-hybridized carbons (Fsp3) is 0.320. The quantitative estimate of drug-likeness (QED) is 0.329. The number of anilines is 2. The summed E-state index contributed by atoms with van der Waals surface area (Å²) in [6.07, 6.45) is 4.58. The van der Waals surface area contributed by atoms with Gasteiger partial charge in [0.05, 0.1) is 6.33 Å². The van der Waals surface area contributed by atoms with E-state index < -0.39 is 0 Å². The summed E-state index contributed by atoms with van der Waals surface area (Å²) in [5.74, 6) is 1.65. The van der Waals surface area contributed by atoms with Crippen LogP contribution in [0, 0.1) is 0 Å². The number of likely N-dealkylation sites (tertiary alicyclic amines) is 1. The molecule has 1 fully saturated rings. The molecule has 4 N–H and O–H groups in total. The summed E-state index contributed by atoms with van der Waals surface area (Å²) < 4.78 is 0. The van der Waals surface area contributed by atoms with Gasteiger partial charge in [0.2, 0.25) is 5.95 Å². The molecule has 1 saturated heterocycles. The molecular formula is C25H29N7O. The molecule has 8 nitrogen and oxygen atoms in total. The van der Waals surface area contributed by atoms with Gasteiger partial charge in [-0.15, -0.1) is 0 Å². The van der Waals surface area contributed by atoms with Crippen LogP contribution in [0.3, 0.4) is 0 Å². The second-order valence-electron chi connectivity index (χ2n) is 8.52. The number of rotatable bonds is 8. The zero-order valence-electron chi connectivity index (χ0n) is 18.5. The van der Waals surface area contributed by atoms with E-state index in [0.717, 1.165) is 55.8 Å². The summed E-state index contributed by atoms with van der Waals surface area (Å²) in [6.45, 7) is 3.81. The lowest BCUT2D eigenvalue weighted by Gasteiger charge is -2.32. The largest absolute Gasteiger partial charge is 0.508 e. The molecule has 0 aliphatic carbocycles. The lowest BCUT2D eigenvalue weighted by molar-refractivity contribution is 0.211. The van der Waals surface area contributed by atoms with Crippen LogP contribution in [0.15, 0.2) is 60.9 Å². The van der Waals surface area contributed by atoms with Crippen LogP contribution in [0.2, 0.25) is 0 Å². The van der Waals surface area contributed by atoms with Crippen molar-refractivity contribution >= 4 is 22.9 Å². The molecule has 33 heavy (non-hydrogen) atoms. The average molecular weight is 444 g/mol. The van der Waals surface area contributed by atoms with Crippen LogP contribution in [0.1, 0.15) is 24.0 Å². The first kappa shape index (κ1) is 21.2. The fourth-order valence-electron chi connectivity index (χ4n) is 4.27. The number of phenolic OH excluding ortho intramolecular Hbond substituents is 1. The molecule has 0 radical (unpaired) electrons. The first-order chi connectivity index (χ1) is 16.2. The first-order valence-corrected chi connectivity index (χ1v) is 11.5. The number of hydrogen-bond acceptors (Lipinski definition) is 7. The van der Waals surface area contributed by atoms with Crippen molar-refractivity contribution in [1.82, 2.24) is 24.8 Å². The highest BCUT2D eigenvalue weighted by molar-refractivity contribution is 5.83. The lowest BCUT2D eigenvalue weighted by atomic mass is 10.0. The summed E-state index contributed by atoms with van der Waals surface area (Å²) in [5.41, 5.74) is 3.97. The Kier molecular flexibility index (Phi) is 6.34. The molecule has 2 aromatic heterocycles. The van der Waals surface area contributed by atoms with Crippen molar-refractivity contribution in [2.45, 2.75) is 31.8 Å². The number of aromatic hydroxyl groups is 1. The molecule has 0 saturated carbocycles. The molecule has 4 aromatic rings. The van der Waals surface area contributed by atoms with E-state index in [-0.39, 0.29) is 5.75 Å². The minimum absolute atomic E-state index is 0.281. The third-order valence-corrected chi connectivity index (χ3v) is 6.10. The molecule has 8 heteroatoms. The van der Waals surface area contributed by atoms with E-state index in [1.54, 1.807) is 18.5 Å². The number of nitrogens with one attached hydrogen (secondary N) is 3. The number of nitrogens with zero attached hydrogens (tertiary/aromatic N) is 4. The topological polar surface area (TPSA) is 102 Å². The summed E-state index contributed by atoms with van der Waals surface area (Å²) in [7, 11) is 0. The van der Waals surface area contributed by atoms with Crippen LogP contribution in [-0.2, 0) is 13.0 Å². The predicted octanol–water partition coefficient (Wildman–Crippen LogP) is 3.79. The molecule has 0 amide bonds. The van der Waals surface area contributed by atoms with Gasteiger partial charge in [-0.1, -0.05) is 42.5 Å². The number of H-pyrrole nitrogens is 1. The maximum atomic E-state index is 9.45. The van der Waals surface area contributed by atoms with Crippen molar-refractivity contribution in [3.63, 3.8) is 0 Å². The Balaban J connectivity index is 1.19. The average Bonchev–Trinajstić information content (AvgIpc) is 3.31. The first-order valence-electron chi connectivity index (χ1n) is 11.5. The van der Waals surface area contributed by atoms with E-state index >= 15 is 0 Å². The summed E-state index contributed by atoms with van der Waals surface area (Å²) in [6, 6.07) is 18.3. The van der Waals surface area contributed by atoms with Gasteiger partial charge >= 0.3 is 0 Å². The van der Waals surface area contributed by atoms with E-state index in [1.807, 2.05) is 12.1 Å². The van der Waals surface area contributed by atoms with Gasteiger partial charge in [-0.05, 0) is 42.5 Å². The fourth-order valence-corrected chi connectivity index (χ4v) is 4.27. The molecule has 5 rings (SSSR count). The normalized spacial score (nSPS) is 15.0. The Labute approximate surface area is 193 Å². The van der Waals surface area contributed by atoms with Crippen molar-refractivity contribution in [2.24, 2.45) is 0 Å². The van der Waals surface area contributed by atoms with Gasteiger partial charge in [0.25, 0.3) is 0 Å². The van der Waals surface area contributed by atoms with Gasteiger partial charge in [0.15, 0.2) is 11.5 Å². The molecule has 2 aromatic carbocycles. The monoisotopic (exact) mass is 443 g/mol. The van der Waals surface area contributed by atoms with E-state index in [9.17, 15) is 5.11 Å². The number of aromatic amines is 1. The molecular weight excluding hydrogens is 414 g/mol. The van der Waals surface area contributed by atoms with Gasteiger partial charge < -0.3 is 20.7 Å². The molecule has 0 unspecified atom stereocenters. The van der Waals surface area contributed by atoms with Crippen LogP contribution < -0.4 is 10.6 Å². The minimum atomic E-state index is 0.281. The molecule has 3 heterocycles. The third kappa shape index (κ3) is 5.40. The Hall–Kier alpha value is -3.65. The van der Waals surface area contributed by atoms with Crippen molar-refractivity contribution in [3.8, 4) is 5.75 Å². The van der Waals surface area contributed by atoms with Crippen molar-refractivity contribution in [1.29, 1.82) is 0 Å². The number of fused-ring (bicyclic) bond motifs is 1. The number of phenols is 1. The van der Waals surface area contributed by atoms with Gasteiger partial charge in [0, 0.05) is 32.2 Å². The van der Waals surface area contributed by atoms with E-state index in [0.29, 0.717) is 24.2 Å². The molecule has 170 valence electrons. The number of hydrogen-bond donors (Lipinski definition) is 4. The predicted molar refractivity (Wildman–Crippen MR) is 130 cm³/mol. The second-order valence-corrected chi connectivity index (χ2v) is 8.52. The number of imidazole rings is 1. The van der Waals surface area contributed by atoms with Crippen LogP contribution >= 0.6 is 0 Å². The van der Waals surface area contributed by atoms with Gasteiger partial charge in [0.1, 0.15) is 11.3 Å². The van der Waals surface area contributed by atoms with E-state index in [2.05, 4.69) is 60.8 Å². The molecule has 1 aliphatic heterocycles. The maximum absolute atomic E-state index is 9.45. The standard InChI is InChI=1S/C25H29N7O/c33-21-8-6-18(7-9-21)10-13-26-23-22-24(28-17-27-22)31-25(30-23)29-20-11-14-32(15-12-20)16-19-4-2-1-3-5-19/h1-9,17,20,33H,10-16H2,(H3,26,27,28,29,30,31). The number of benzene rings is 2. The molecule has 0 bridgehead atoms. The lowest BCUT2D eigenvalue weighted by Crippen LogP contribution is -2.39. The highest BCUT2D eigenvalue weighted by Crippen LogP contribution is 2.22. The van der Waals surface area contributed by atoms with Crippen molar-refractivity contribution in [2.75, 3.05) is 30.3 Å². The van der Waals surface area contributed by atoms with Gasteiger partial charge in [-0.3, -0.25) is 4.90 Å². The van der Waals surface area contributed by atoms with Gasteiger partial charge in [-0.25, -0.2) is 4.98 Å². The van der Waals surface area contributed by atoms with E-state index in [4.69, 9.17) is 4.98 Å². The Morgan fingerprint density at radius 1 is 0.970 bits per heavy atom. The highest BCUT2D eigenvalue weighted by atomic mass is 16.3. The zero-order valence-corrected chi connectivity index (χ0v) is 18.5. The number of aromatic nitrogens is 4. The Morgan fingerprint density at radius 3 is 2.55 bits per heavy atom. The van der Waals surface area contributed by atoms with Gasteiger partial charge in [-0.2, -0.15) is 9.97 Å². The van der Waals surface area contributed by atoms with Crippen LogP contribution in [0.5, 0.6) is 5.75 Å². The number of piperidine rings is 1. The Bertz CT molecular complexity index is 1170. The highest BCUT2D eigenvalue weighted by Gasteiger charge is 2.20.